The van der Waals surface area contributed by atoms with E-state index in [0.29, 0.717) is 17.4 Å². The third kappa shape index (κ3) is 1.30. The maximum Gasteiger partial charge on any atom is 0.274 e. The summed E-state index contributed by atoms with van der Waals surface area (Å²) in [6.45, 7) is 2.40. The van der Waals surface area contributed by atoms with Crippen LogP contribution in [-0.2, 0) is 13.6 Å². The lowest BCUT2D eigenvalue weighted by Crippen LogP contribution is -2.19. The molecule has 1 heterocycles. The van der Waals surface area contributed by atoms with Crippen LogP contribution in [0.5, 0.6) is 0 Å². The fourth-order valence-electron chi connectivity index (χ4n) is 1.85. The van der Waals surface area contributed by atoms with Crippen LogP contribution in [0.4, 0.5) is 5.69 Å². The average Bonchev–Trinajstić information content (AvgIpc) is 2.51. The Kier molecular flexibility index (Phi) is 2.26. The van der Waals surface area contributed by atoms with Crippen molar-refractivity contribution in [3.05, 3.63) is 38.7 Å². The summed E-state index contributed by atoms with van der Waals surface area (Å²) in [5.41, 5.74) is 0.458. The minimum atomic E-state index is -0.498. The van der Waals surface area contributed by atoms with Gasteiger partial charge in [0.25, 0.3) is 11.2 Å². The molecule has 0 saturated heterocycles. The molecule has 0 aliphatic carbocycles. The van der Waals surface area contributed by atoms with Gasteiger partial charge in [-0.05, 0) is 13.0 Å². The summed E-state index contributed by atoms with van der Waals surface area (Å²) < 4.78 is 3.25. The topological polar surface area (TPSA) is 70.1 Å². The van der Waals surface area contributed by atoms with Crippen molar-refractivity contribution >= 4 is 16.6 Å². The van der Waals surface area contributed by atoms with Crippen LogP contribution in [0, 0.1) is 10.1 Å². The van der Waals surface area contributed by atoms with Crippen LogP contribution in [0.3, 0.4) is 0 Å². The van der Waals surface area contributed by atoms with Crippen molar-refractivity contribution < 1.29 is 4.92 Å². The number of rotatable bonds is 2. The Balaban J connectivity index is 2.85. The number of nitro benzene ring substituents is 1. The number of non-ortho nitro benzene ring substituents is 1. The third-order valence-corrected chi connectivity index (χ3v) is 2.67. The number of nitrogens with zero attached hydrogens (tertiary/aromatic N) is 3. The number of aromatic nitrogens is 2. The molecule has 0 spiro atoms. The number of hydrogen-bond acceptors (Lipinski definition) is 3. The summed E-state index contributed by atoms with van der Waals surface area (Å²) in [4.78, 5) is 22.0. The van der Waals surface area contributed by atoms with E-state index < -0.39 is 4.92 Å². The fraction of sp³-hybridized carbons (Fsp3) is 0.300. The van der Waals surface area contributed by atoms with E-state index in [1.807, 2.05) is 6.92 Å². The van der Waals surface area contributed by atoms with Crippen LogP contribution in [0.15, 0.2) is 23.0 Å². The minimum absolute atomic E-state index is 0.0570. The van der Waals surface area contributed by atoms with E-state index in [0.717, 1.165) is 0 Å². The largest absolute Gasteiger partial charge is 0.285 e. The fourth-order valence-corrected chi connectivity index (χ4v) is 1.85. The molecule has 0 radical (unpaired) electrons. The van der Waals surface area contributed by atoms with Gasteiger partial charge in [-0.3, -0.25) is 24.3 Å². The van der Waals surface area contributed by atoms with Gasteiger partial charge in [-0.25, -0.2) is 0 Å². The van der Waals surface area contributed by atoms with Crippen molar-refractivity contribution in [2.24, 2.45) is 7.05 Å². The van der Waals surface area contributed by atoms with Crippen molar-refractivity contribution in [3.8, 4) is 0 Å². The zero-order valence-electron chi connectivity index (χ0n) is 9.01. The zero-order chi connectivity index (χ0) is 11.9. The lowest BCUT2D eigenvalue weighted by molar-refractivity contribution is -0.384. The van der Waals surface area contributed by atoms with Crippen LogP contribution in [0.25, 0.3) is 10.9 Å². The van der Waals surface area contributed by atoms with E-state index in [2.05, 4.69) is 0 Å². The Morgan fingerprint density at radius 3 is 2.69 bits per heavy atom. The van der Waals surface area contributed by atoms with Gasteiger partial charge in [0.05, 0.1) is 15.8 Å². The number of nitro groups is 1. The van der Waals surface area contributed by atoms with E-state index in [1.165, 1.54) is 16.8 Å². The third-order valence-electron chi connectivity index (χ3n) is 2.67. The molecule has 16 heavy (non-hydrogen) atoms. The highest BCUT2D eigenvalue weighted by atomic mass is 16.6. The molecule has 84 valence electrons. The lowest BCUT2D eigenvalue weighted by atomic mass is 10.2. The predicted molar refractivity (Wildman–Crippen MR) is 59.5 cm³/mol. The molecule has 6 heteroatoms. The predicted octanol–water partition coefficient (Wildman–Crippen LogP) is 1.27. The molecule has 0 aliphatic heterocycles. The van der Waals surface area contributed by atoms with E-state index in [4.69, 9.17) is 0 Å². The molecule has 0 unspecified atom stereocenters. The summed E-state index contributed by atoms with van der Waals surface area (Å²) in [6, 6.07) is 4.33. The molecule has 2 aromatic rings. The Morgan fingerprint density at radius 2 is 2.12 bits per heavy atom. The first kappa shape index (κ1) is 10.4. The first-order valence-corrected chi connectivity index (χ1v) is 4.90. The van der Waals surface area contributed by atoms with Gasteiger partial charge < -0.3 is 0 Å². The number of aryl methyl sites for hydroxylation is 1. The van der Waals surface area contributed by atoms with E-state index in [1.54, 1.807) is 17.8 Å². The van der Waals surface area contributed by atoms with E-state index in [9.17, 15) is 14.9 Å². The molecular weight excluding hydrogens is 210 g/mol. The smallest absolute Gasteiger partial charge is 0.274 e. The number of benzene rings is 1. The Labute approximate surface area is 90.8 Å². The molecule has 6 nitrogen and oxygen atoms in total. The molecule has 1 aromatic heterocycles. The highest BCUT2D eigenvalue weighted by Crippen LogP contribution is 2.18. The van der Waals surface area contributed by atoms with Crippen molar-refractivity contribution in [2.45, 2.75) is 13.5 Å². The van der Waals surface area contributed by atoms with Gasteiger partial charge in [0.2, 0.25) is 0 Å². The quantitative estimate of drug-likeness (QED) is 0.566. The second kappa shape index (κ2) is 3.48. The SMILES string of the molecule is CCn1c(=O)c2cc([N+](=O)[O-])ccc2n1C. The van der Waals surface area contributed by atoms with Crippen molar-refractivity contribution in [1.29, 1.82) is 0 Å². The summed E-state index contributed by atoms with van der Waals surface area (Å²) >= 11 is 0. The molecule has 2 rings (SSSR count). The second-order valence-corrected chi connectivity index (χ2v) is 3.50. The molecule has 0 atom stereocenters. The van der Waals surface area contributed by atoms with Gasteiger partial charge in [0.15, 0.2) is 0 Å². The Morgan fingerprint density at radius 1 is 1.44 bits per heavy atom. The van der Waals surface area contributed by atoms with Crippen molar-refractivity contribution in [1.82, 2.24) is 9.36 Å². The first-order chi connectivity index (χ1) is 7.56. The molecule has 0 bridgehead atoms. The van der Waals surface area contributed by atoms with Crippen LogP contribution in [0.1, 0.15) is 6.92 Å². The van der Waals surface area contributed by atoms with Crippen LogP contribution < -0.4 is 5.56 Å². The highest BCUT2D eigenvalue weighted by molar-refractivity contribution is 5.81. The van der Waals surface area contributed by atoms with Gasteiger partial charge >= 0.3 is 0 Å². The zero-order valence-corrected chi connectivity index (χ0v) is 9.01. The normalized spacial score (nSPS) is 10.9. The van der Waals surface area contributed by atoms with E-state index >= 15 is 0 Å². The molecule has 0 fully saturated rings. The second-order valence-electron chi connectivity index (χ2n) is 3.50. The maximum absolute atomic E-state index is 11.9. The lowest BCUT2D eigenvalue weighted by Gasteiger charge is -2.02. The number of hydrogen-bond donors (Lipinski definition) is 0. The molecule has 0 N–H and O–H groups in total. The van der Waals surface area contributed by atoms with Crippen LogP contribution >= 0.6 is 0 Å². The van der Waals surface area contributed by atoms with Crippen molar-refractivity contribution in [3.63, 3.8) is 0 Å². The van der Waals surface area contributed by atoms with Gasteiger partial charge in [-0.2, -0.15) is 0 Å². The molecular formula is C10H11N3O3. The van der Waals surface area contributed by atoms with Crippen LogP contribution in [0.2, 0.25) is 0 Å². The summed E-state index contributed by atoms with van der Waals surface area (Å²) in [5, 5.41) is 11.0. The van der Waals surface area contributed by atoms with Crippen LogP contribution in [-0.4, -0.2) is 14.3 Å². The molecule has 0 amide bonds. The average molecular weight is 221 g/mol. The van der Waals surface area contributed by atoms with Gasteiger partial charge in [0, 0.05) is 25.7 Å². The molecule has 1 aromatic carbocycles. The molecule has 0 aliphatic rings. The Bertz CT molecular complexity index is 624. The standard InChI is InChI=1S/C10H11N3O3/c1-3-12-10(14)8-6-7(13(15)16)4-5-9(8)11(12)2/h4-6H,3H2,1-2H3. The number of fused-ring (bicyclic) bond motifs is 1. The molecule has 0 saturated carbocycles. The van der Waals surface area contributed by atoms with Gasteiger partial charge in [-0.15, -0.1) is 0 Å². The van der Waals surface area contributed by atoms with E-state index in [-0.39, 0.29) is 11.2 Å². The summed E-state index contributed by atoms with van der Waals surface area (Å²) in [6.07, 6.45) is 0. The summed E-state index contributed by atoms with van der Waals surface area (Å²) in [5.74, 6) is 0. The minimum Gasteiger partial charge on any atom is -0.285 e. The van der Waals surface area contributed by atoms with Gasteiger partial charge in [0.1, 0.15) is 0 Å². The highest BCUT2D eigenvalue weighted by Gasteiger charge is 2.13. The van der Waals surface area contributed by atoms with Gasteiger partial charge in [-0.1, -0.05) is 0 Å². The maximum atomic E-state index is 11.9. The summed E-state index contributed by atoms with van der Waals surface area (Å²) in [7, 11) is 1.76. The monoisotopic (exact) mass is 221 g/mol. The first-order valence-electron chi connectivity index (χ1n) is 4.90. The Hall–Kier alpha value is -2.11. The van der Waals surface area contributed by atoms with Crippen molar-refractivity contribution in [2.75, 3.05) is 0 Å².